The highest BCUT2D eigenvalue weighted by Gasteiger charge is 2.59. The second-order valence-electron chi connectivity index (χ2n) is 18.0. The van der Waals surface area contributed by atoms with E-state index in [1.165, 1.54) is 0 Å². The fourth-order valence-corrected chi connectivity index (χ4v) is 13.1. The summed E-state index contributed by atoms with van der Waals surface area (Å²) in [5, 5.41) is 0. The minimum absolute atomic E-state index is 0.186. The molecule has 0 N–H and O–H groups in total. The lowest BCUT2D eigenvalue weighted by Crippen LogP contribution is -2.68. The van der Waals surface area contributed by atoms with Crippen LogP contribution in [0, 0.1) is 0 Å². The fourth-order valence-electron chi connectivity index (χ4n) is 8.67. The summed E-state index contributed by atoms with van der Waals surface area (Å²) < 4.78 is 409. The van der Waals surface area contributed by atoms with Crippen LogP contribution in [-0.4, -0.2) is 246 Å². The maximum Gasteiger partial charge on any atom is 0.218 e. The van der Waals surface area contributed by atoms with Crippen molar-refractivity contribution in [1.82, 2.24) is 0 Å². The van der Waals surface area contributed by atoms with E-state index in [9.17, 15) is 117 Å². The molecule has 0 amide bonds. The van der Waals surface area contributed by atoms with Crippen LogP contribution in [-0.2, 0) is 169 Å². The van der Waals surface area contributed by atoms with Gasteiger partial charge in [0.2, 0.25) is 93.6 Å². The molecule has 4 aliphatic rings. The molecule has 0 unspecified atom stereocenters. The molecule has 0 aromatic rings. The molecule has 4 saturated heterocycles. The van der Waals surface area contributed by atoms with Gasteiger partial charge in [0, 0.05) is 6.61 Å². The number of rotatable bonds is 32. The van der Waals surface area contributed by atoms with Crippen LogP contribution in [0.5, 0.6) is 0 Å². The molecule has 0 aromatic heterocycles. The van der Waals surface area contributed by atoms with Crippen molar-refractivity contribution in [2.24, 2.45) is 0 Å². The van der Waals surface area contributed by atoms with Crippen LogP contribution in [0.4, 0.5) is 0 Å². The van der Waals surface area contributed by atoms with Gasteiger partial charge < -0.3 is 78.9 Å². The van der Waals surface area contributed by atoms with E-state index in [2.05, 4.69) is 37.6 Å². The van der Waals surface area contributed by atoms with E-state index in [1.54, 1.807) is 0 Å². The van der Waals surface area contributed by atoms with Crippen LogP contribution in [0.3, 0.4) is 0 Å². The van der Waals surface area contributed by atoms with Gasteiger partial charge in [0.05, 0.1) is 24.4 Å². The molecule has 4 rings (SSSR count). The minimum atomic E-state index is -6.51. The summed E-state index contributed by atoms with van der Waals surface area (Å²) in [5.41, 5.74) is 0. The maximum absolute atomic E-state index is 12.4. The molecule has 4 fully saturated rings. The summed E-state index contributed by atoms with van der Waals surface area (Å²) in [6.07, 6.45) is -52.7. The van der Waals surface area contributed by atoms with Crippen LogP contribution in [0.1, 0.15) is 73.1 Å². The van der Waals surface area contributed by atoms with Gasteiger partial charge in [-0.05, 0) is 34.1 Å². The zero-order valence-electron chi connectivity index (χ0n) is 43.1. The molecule has 0 aromatic carbocycles. The molecule has 53 heteroatoms. The number of unbranched alkanes of at least 4 members (excludes halogenated alkanes) is 5. The zero-order valence-corrected chi connectivity index (χ0v) is 50.5. The fraction of sp³-hybridized carbons (Fsp3) is 1.00. The topological polar surface area (TPSA) is 672 Å². The van der Waals surface area contributed by atoms with Crippen LogP contribution >= 0.6 is 0 Å². The first-order valence-electron chi connectivity index (χ1n) is 23.3. The van der Waals surface area contributed by atoms with Crippen molar-refractivity contribution in [3.8, 4) is 0 Å². The van der Waals surface area contributed by atoms with E-state index in [-0.39, 0.29) is 13.0 Å². The second kappa shape index (κ2) is 29.4. The Hall–Kier alpha value is -1.49. The third-order valence-electron chi connectivity index (χ3n) is 11.6. The van der Waals surface area contributed by atoms with Crippen LogP contribution in [0.15, 0.2) is 0 Å². The molecule has 0 saturated carbocycles. The molecule has 0 spiro atoms. The predicted octanol–water partition coefficient (Wildman–Crippen LogP) is -6.89. The Labute approximate surface area is 485 Å². The Morgan fingerprint density at radius 2 is 0.471 bits per heavy atom. The SMILES string of the molecule is CCCCCCCCO[C@H]1O[C@@H](C)[C@@H](O[C@@H]2O[C@@H](C)[C@@H](O[C@@H]3O[C@@H](C)[C@@H](O[C@@H]4O[C@@H](C)[C@@H](OS(=O)(=O)[O-])[C@@H](OS(=O)(=O)[O-])[C@@H]4OS(=O)(=O)[O-])[C@@H](OS(=O)(=O)[O-])[C@@H]3OS(=O)(=O)[O-])[C@@H](OS(=O)(=O)[O-])[C@@H]2OS(=O)(=O)[O-])[C@@H](OS(=O)(=O)[O-])[C@@H]1OS(=O)(=O)[O-]. The zero-order chi connectivity index (χ0) is 65.0. The summed E-state index contributed by atoms with van der Waals surface area (Å²) in [6, 6.07) is 0. The van der Waals surface area contributed by atoms with Crippen LogP contribution < -0.4 is 0 Å². The lowest BCUT2D eigenvalue weighted by molar-refractivity contribution is -0.372. The molecule has 85 heavy (non-hydrogen) atoms. The molecular formula is C32H49O44S9-9. The van der Waals surface area contributed by atoms with Gasteiger partial charge in [-0.2, -0.15) is 0 Å². The summed E-state index contributed by atoms with van der Waals surface area (Å²) in [6.45, 7) is 4.34. The normalized spacial score (nSPS) is 35.4. The second-order valence-corrected chi connectivity index (χ2v) is 27.1. The van der Waals surface area contributed by atoms with Gasteiger partial charge in [0.25, 0.3) is 0 Å². The van der Waals surface area contributed by atoms with Gasteiger partial charge >= 0.3 is 0 Å². The lowest BCUT2D eigenvalue weighted by Gasteiger charge is -2.51. The molecule has 0 bridgehead atoms. The lowest BCUT2D eigenvalue weighted by atomic mass is 9.96. The average molecular weight is 1430 g/mol. The summed E-state index contributed by atoms with van der Waals surface area (Å²) >= 11 is 0. The molecule has 0 aliphatic carbocycles. The van der Waals surface area contributed by atoms with E-state index in [0.717, 1.165) is 26.2 Å². The van der Waals surface area contributed by atoms with E-state index in [0.29, 0.717) is 33.6 Å². The summed E-state index contributed by atoms with van der Waals surface area (Å²) in [4.78, 5) is 0. The van der Waals surface area contributed by atoms with Gasteiger partial charge in [-0.25, -0.2) is 75.8 Å². The van der Waals surface area contributed by atoms with Gasteiger partial charge in [0.15, 0.2) is 49.6 Å². The highest BCUT2D eigenvalue weighted by molar-refractivity contribution is 7.82. The standard InChI is InChI=1S/C32H58O44S9/c1-6-7-8-9-10-11-12-60-29-25(73-82(48,49)50)21(69-78(36,37)38)17(13(2)61-29)65-30-26(74-83(51,52)53)22(70-79(39,40)41)18(14(3)62-30)66-31-27(75-84(54,55)56)23(71-80(42,43)44)19(15(4)63-31)67-32-28(76-85(57,58)59)24(72-81(45,46)47)20(16(5)64-32)68-77(33,34)35/h13-32H,6-12H2,1-5H3,(H,33,34,35)(H,36,37,38)(H,39,40,41)(H,42,43,44)(H,45,46,47)(H,48,49,50)(H,51,52,53)(H,54,55,56)(H,57,58,59)/p-9/t13-,14-,15-,16-,17+,18+,19+,20+,21+,22+,23+,24+,25-,26-,27-,28-,29-,30-,31-,32-/m0/s1. The van der Waals surface area contributed by atoms with Crippen molar-refractivity contribution >= 4 is 93.6 Å². The van der Waals surface area contributed by atoms with E-state index >= 15 is 0 Å². The monoisotopic (exact) mass is 1420 g/mol. The first kappa shape index (κ1) is 76.0. The van der Waals surface area contributed by atoms with E-state index < -0.39 is 216 Å². The van der Waals surface area contributed by atoms with Crippen molar-refractivity contribution in [1.29, 1.82) is 0 Å². The van der Waals surface area contributed by atoms with E-state index in [4.69, 9.17) is 37.9 Å². The summed E-state index contributed by atoms with van der Waals surface area (Å²) in [7, 11) is -56.9. The summed E-state index contributed by atoms with van der Waals surface area (Å²) in [5.74, 6) is 0. The highest BCUT2D eigenvalue weighted by Crippen LogP contribution is 2.41. The molecule has 4 heterocycles. The van der Waals surface area contributed by atoms with Crippen molar-refractivity contribution in [2.45, 2.75) is 196 Å². The maximum atomic E-state index is 12.4. The van der Waals surface area contributed by atoms with Gasteiger partial charge in [-0.1, -0.05) is 39.0 Å². The van der Waals surface area contributed by atoms with Gasteiger partial charge in [-0.3, -0.25) is 37.6 Å². The third kappa shape index (κ3) is 25.6. The largest absolute Gasteiger partial charge is 0.726 e. The van der Waals surface area contributed by atoms with Crippen LogP contribution in [0.25, 0.3) is 0 Å². The molecule has 4 aliphatic heterocycles. The van der Waals surface area contributed by atoms with Crippen molar-refractivity contribution < 1.29 is 192 Å². The Balaban J connectivity index is 1.86. The number of hydrogen-bond acceptors (Lipinski definition) is 44. The van der Waals surface area contributed by atoms with Crippen LogP contribution in [0.2, 0.25) is 0 Å². The molecule has 44 nitrogen and oxygen atoms in total. The van der Waals surface area contributed by atoms with E-state index in [1.807, 2.05) is 6.92 Å². The quantitative estimate of drug-likeness (QED) is 0.0343. The van der Waals surface area contributed by atoms with Crippen molar-refractivity contribution in [3.63, 3.8) is 0 Å². The van der Waals surface area contributed by atoms with Crippen molar-refractivity contribution in [3.05, 3.63) is 0 Å². The third-order valence-corrected chi connectivity index (χ3v) is 15.7. The molecule has 0 radical (unpaired) electrons. The predicted molar refractivity (Wildman–Crippen MR) is 242 cm³/mol. The Morgan fingerprint density at radius 3 is 0.741 bits per heavy atom. The number of hydrogen-bond donors (Lipinski definition) is 0. The smallest absolute Gasteiger partial charge is 0.218 e. The molecular weight excluding hydrogens is 1380 g/mol. The highest BCUT2D eigenvalue weighted by atomic mass is 32.3. The minimum Gasteiger partial charge on any atom is -0.726 e. The average Bonchev–Trinajstić information content (AvgIpc) is 1.78. The molecule has 20 atom stereocenters. The first-order valence-corrected chi connectivity index (χ1v) is 35.3. The number of ether oxygens (including phenoxy) is 8. The Kier molecular flexibility index (Phi) is 26.3. The van der Waals surface area contributed by atoms with Gasteiger partial charge in [-0.15, -0.1) is 0 Å². The van der Waals surface area contributed by atoms with Crippen molar-refractivity contribution in [2.75, 3.05) is 6.61 Å². The first-order chi connectivity index (χ1) is 38.3. The Bertz CT molecular complexity index is 3290. The Morgan fingerprint density at radius 1 is 0.271 bits per heavy atom. The molecule has 504 valence electrons. The van der Waals surface area contributed by atoms with Gasteiger partial charge in [0.1, 0.15) is 48.8 Å².